The zero-order valence-electron chi connectivity index (χ0n) is 17.0. The van der Waals surface area contributed by atoms with E-state index < -0.39 is 0 Å². The zero-order valence-corrected chi connectivity index (χ0v) is 17.0. The highest BCUT2D eigenvalue weighted by atomic mass is 16.2. The molecule has 0 amide bonds. The molecule has 2 aromatic carbocycles. The van der Waals surface area contributed by atoms with Crippen LogP contribution in [0.15, 0.2) is 71.8 Å². The summed E-state index contributed by atoms with van der Waals surface area (Å²) in [6.07, 6.45) is 1.59. The largest absolute Gasteiger partial charge is 0.368 e. The van der Waals surface area contributed by atoms with Crippen molar-refractivity contribution in [2.45, 2.75) is 13.5 Å². The number of hydrogen-bond acceptors (Lipinski definition) is 5. The Morgan fingerprint density at radius 3 is 2.33 bits per heavy atom. The van der Waals surface area contributed by atoms with Gasteiger partial charge < -0.3 is 9.80 Å². The molecule has 1 fully saturated rings. The van der Waals surface area contributed by atoms with Crippen molar-refractivity contribution >= 4 is 17.2 Å². The fourth-order valence-corrected chi connectivity index (χ4v) is 3.89. The molecule has 0 spiro atoms. The second-order valence-electron chi connectivity index (χ2n) is 7.71. The molecule has 1 aliphatic rings. The molecule has 7 heteroatoms. The normalized spacial score (nSPS) is 14.4. The summed E-state index contributed by atoms with van der Waals surface area (Å²) in [5.41, 5.74) is 3.96. The van der Waals surface area contributed by atoms with Crippen LogP contribution >= 0.6 is 0 Å². The molecule has 0 saturated carbocycles. The summed E-state index contributed by atoms with van der Waals surface area (Å²) >= 11 is 0. The molecule has 5 rings (SSSR count). The fourth-order valence-electron chi connectivity index (χ4n) is 3.89. The number of para-hydroxylation sites is 1. The summed E-state index contributed by atoms with van der Waals surface area (Å²) in [6.45, 7) is 6.13. The van der Waals surface area contributed by atoms with E-state index in [1.807, 2.05) is 43.3 Å². The van der Waals surface area contributed by atoms with Crippen LogP contribution in [0.5, 0.6) is 0 Å². The summed E-state index contributed by atoms with van der Waals surface area (Å²) in [4.78, 5) is 21.9. The molecule has 0 aliphatic carbocycles. The first-order chi connectivity index (χ1) is 14.7. The highest BCUT2D eigenvalue weighted by Gasteiger charge is 2.19. The molecule has 30 heavy (non-hydrogen) atoms. The third-order valence-corrected chi connectivity index (χ3v) is 5.64. The topological polar surface area (TPSA) is 58.7 Å². The van der Waals surface area contributed by atoms with Crippen LogP contribution in [0.2, 0.25) is 0 Å². The van der Waals surface area contributed by atoms with Crippen molar-refractivity contribution in [3.63, 3.8) is 0 Å². The Hall–Kier alpha value is -3.61. The van der Waals surface area contributed by atoms with Crippen molar-refractivity contribution in [2.24, 2.45) is 0 Å². The summed E-state index contributed by atoms with van der Waals surface area (Å²) in [5.74, 6) is 0.864. The van der Waals surface area contributed by atoms with Crippen molar-refractivity contribution in [1.29, 1.82) is 0 Å². The van der Waals surface area contributed by atoms with Gasteiger partial charge in [0.15, 0.2) is 5.65 Å². The third kappa shape index (κ3) is 3.54. The summed E-state index contributed by atoms with van der Waals surface area (Å²) in [5, 5.41) is 4.54. The Balaban J connectivity index is 1.34. The standard InChI is InChI=1S/C23H24N6O/c1-18-7-9-19(10-8-18)16-29-23(30)28-17-24-21(15-22(28)25-29)27-13-11-26(12-14-27)20-5-3-2-4-6-20/h2-10,15,17H,11-14,16H2,1H3. The lowest BCUT2D eigenvalue weighted by molar-refractivity contribution is 0.646. The van der Waals surface area contributed by atoms with Crippen LogP contribution in [0, 0.1) is 6.92 Å². The molecule has 152 valence electrons. The van der Waals surface area contributed by atoms with E-state index in [1.165, 1.54) is 20.3 Å². The Labute approximate surface area is 174 Å². The molecule has 0 N–H and O–H groups in total. The number of aromatic nitrogens is 4. The predicted octanol–water partition coefficient (Wildman–Crippen LogP) is 2.57. The number of benzene rings is 2. The van der Waals surface area contributed by atoms with Crippen LogP contribution in [0.25, 0.3) is 5.65 Å². The van der Waals surface area contributed by atoms with Gasteiger partial charge in [-0.2, -0.15) is 0 Å². The number of nitrogens with zero attached hydrogens (tertiary/aromatic N) is 6. The lowest BCUT2D eigenvalue weighted by Crippen LogP contribution is -2.46. The minimum Gasteiger partial charge on any atom is -0.368 e. The van der Waals surface area contributed by atoms with Gasteiger partial charge in [0, 0.05) is 37.9 Å². The Morgan fingerprint density at radius 1 is 0.900 bits per heavy atom. The Morgan fingerprint density at radius 2 is 1.60 bits per heavy atom. The summed E-state index contributed by atoms with van der Waals surface area (Å²) < 4.78 is 3.01. The highest BCUT2D eigenvalue weighted by molar-refractivity contribution is 5.53. The van der Waals surface area contributed by atoms with Gasteiger partial charge in [-0.1, -0.05) is 48.0 Å². The molecule has 0 unspecified atom stereocenters. The summed E-state index contributed by atoms with van der Waals surface area (Å²) in [7, 11) is 0. The molecule has 7 nitrogen and oxygen atoms in total. The van der Waals surface area contributed by atoms with E-state index in [9.17, 15) is 4.79 Å². The van der Waals surface area contributed by atoms with Crippen LogP contribution in [0.3, 0.4) is 0 Å². The van der Waals surface area contributed by atoms with Crippen LogP contribution < -0.4 is 15.5 Å². The van der Waals surface area contributed by atoms with Gasteiger partial charge in [0.2, 0.25) is 0 Å². The van der Waals surface area contributed by atoms with Crippen molar-refractivity contribution in [2.75, 3.05) is 36.0 Å². The number of anilines is 2. The number of fused-ring (bicyclic) bond motifs is 1. The molecule has 3 heterocycles. The van der Waals surface area contributed by atoms with Crippen molar-refractivity contribution in [3.8, 4) is 0 Å². The zero-order chi connectivity index (χ0) is 20.5. The first-order valence-corrected chi connectivity index (χ1v) is 10.2. The lowest BCUT2D eigenvalue weighted by Gasteiger charge is -2.36. The van der Waals surface area contributed by atoms with Crippen LogP contribution in [-0.4, -0.2) is 45.3 Å². The van der Waals surface area contributed by atoms with E-state index >= 15 is 0 Å². The van der Waals surface area contributed by atoms with E-state index in [0.717, 1.165) is 37.6 Å². The average molecular weight is 400 g/mol. The average Bonchev–Trinajstić information content (AvgIpc) is 3.10. The van der Waals surface area contributed by atoms with E-state index in [0.29, 0.717) is 12.2 Å². The van der Waals surface area contributed by atoms with Crippen molar-refractivity contribution in [3.05, 3.63) is 88.6 Å². The molecule has 4 aromatic rings. The van der Waals surface area contributed by atoms with Gasteiger partial charge in [-0.25, -0.2) is 18.9 Å². The second kappa shape index (κ2) is 7.67. The fraction of sp³-hybridized carbons (Fsp3) is 0.261. The van der Waals surface area contributed by atoms with Crippen LogP contribution in [0.1, 0.15) is 11.1 Å². The number of rotatable bonds is 4. The van der Waals surface area contributed by atoms with Gasteiger partial charge in [-0.05, 0) is 24.6 Å². The molecular weight excluding hydrogens is 376 g/mol. The number of piperazine rings is 1. The Kier molecular flexibility index (Phi) is 4.71. The van der Waals surface area contributed by atoms with E-state index in [1.54, 1.807) is 6.33 Å². The molecule has 0 atom stereocenters. The molecule has 1 saturated heterocycles. The SMILES string of the molecule is Cc1ccc(Cn2nc3cc(N4CCN(c5ccccc5)CC4)ncn3c2=O)cc1. The van der Waals surface area contributed by atoms with Crippen molar-refractivity contribution in [1.82, 2.24) is 19.2 Å². The van der Waals surface area contributed by atoms with Gasteiger partial charge in [0.05, 0.1) is 6.54 Å². The first kappa shape index (κ1) is 18.4. The molecular formula is C23H24N6O. The molecule has 0 radical (unpaired) electrons. The molecule has 2 aromatic heterocycles. The number of aryl methyl sites for hydroxylation is 1. The van der Waals surface area contributed by atoms with E-state index in [4.69, 9.17) is 0 Å². The number of hydrogen-bond donors (Lipinski definition) is 0. The molecule has 0 bridgehead atoms. The highest BCUT2D eigenvalue weighted by Crippen LogP contribution is 2.19. The minimum absolute atomic E-state index is 0.168. The van der Waals surface area contributed by atoms with Gasteiger partial charge in [-0.3, -0.25) is 0 Å². The lowest BCUT2D eigenvalue weighted by atomic mass is 10.1. The summed E-state index contributed by atoms with van der Waals surface area (Å²) in [6, 6.07) is 20.5. The smallest absolute Gasteiger partial charge is 0.351 e. The molecule has 1 aliphatic heterocycles. The van der Waals surface area contributed by atoms with Gasteiger partial charge in [0.1, 0.15) is 12.1 Å². The van der Waals surface area contributed by atoms with E-state index in [-0.39, 0.29) is 5.69 Å². The quantitative estimate of drug-likeness (QED) is 0.527. The monoisotopic (exact) mass is 400 g/mol. The predicted molar refractivity (Wildman–Crippen MR) is 118 cm³/mol. The third-order valence-electron chi connectivity index (χ3n) is 5.64. The maximum Gasteiger partial charge on any atom is 0.351 e. The Bertz CT molecular complexity index is 1200. The first-order valence-electron chi connectivity index (χ1n) is 10.2. The van der Waals surface area contributed by atoms with Crippen molar-refractivity contribution < 1.29 is 0 Å². The van der Waals surface area contributed by atoms with E-state index in [2.05, 4.69) is 44.1 Å². The van der Waals surface area contributed by atoms with Crippen LogP contribution in [-0.2, 0) is 6.54 Å². The maximum absolute atomic E-state index is 12.7. The minimum atomic E-state index is -0.168. The van der Waals surface area contributed by atoms with Crippen LogP contribution in [0.4, 0.5) is 11.5 Å². The second-order valence-corrected chi connectivity index (χ2v) is 7.71. The van der Waals surface area contributed by atoms with Gasteiger partial charge in [0.25, 0.3) is 0 Å². The van der Waals surface area contributed by atoms with Gasteiger partial charge in [-0.15, -0.1) is 5.10 Å². The maximum atomic E-state index is 12.7. The van der Waals surface area contributed by atoms with Gasteiger partial charge >= 0.3 is 5.69 Å².